The minimum absolute atomic E-state index is 0.0480. The summed E-state index contributed by atoms with van der Waals surface area (Å²) in [5.41, 5.74) is 22.0. The average Bonchev–Trinajstić information content (AvgIpc) is 3.68. The molecule has 18 heteroatoms. The highest BCUT2D eigenvalue weighted by Crippen LogP contribution is 2.43. The van der Waals surface area contributed by atoms with Crippen molar-refractivity contribution in [2.24, 2.45) is 28.9 Å². The van der Waals surface area contributed by atoms with E-state index in [0.29, 0.717) is 19.5 Å². The molecule has 4 rings (SSSR count). The summed E-state index contributed by atoms with van der Waals surface area (Å²) in [6.45, 7) is 0.661. The summed E-state index contributed by atoms with van der Waals surface area (Å²) in [6.07, 6.45) is -13.7. The topological polar surface area (TPSA) is 324 Å². The Kier molecular flexibility index (Phi) is 12.3. The predicted molar refractivity (Wildman–Crippen MR) is 150 cm³/mol. The van der Waals surface area contributed by atoms with Crippen LogP contribution in [0.3, 0.4) is 0 Å². The molecule has 2 aliphatic carbocycles. The number of rotatable bonds is 13. The monoisotopic (exact) mass is 638 g/mol. The summed E-state index contributed by atoms with van der Waals surface area (Å²) >= 11 is 0. The maximum atomic E-state index is 13.0. The number of ether oxygens (including phenoxy) is 4. The van der Waals surface area contributed by atoms with Crippen LogP contribution in [0.5, 0.6) is 0 Å². The zero-order chi connectivity index (χ0) is 32.3. The van der Waals surface area contributed by atoms with Gasteiger partial charge in [0.25, 0.3) is 5.91 Å². The number of carbonyl (C=O) groups excluding carboxylic acids is 1. The van der Waals surface area contributed by atoms with Crippen LogP contribution in [-0.4, -0.2) is 166 Å². The van der Waals surface area contributed by atoms with Crippen LogP contribution in [-0.2, 0) is 23.7 Å². The second-order valence-corrected chi connectivity index (χ2v) is 12.3. The summed E-state index contributed by atoms with van der Waals surface area (Å²) < 4.78 is 23.4. The van der Waals surface area contributed by atoms with Crippen LogP contribution in [0.15, 0.2) is 0 Å². The van der Waals surface area contributed by atoms with E-state index in [2.05, 4.69) is 10.6 Å². The molecule has 256 valence electrons. The third-order valence-electron chi connectivity index (χ3n) is 9.03. The average molecular weight is 639 g/mol. The van der Waals surface area contributed by atoms with Crippen LogP contribution >= 0.6 is 0 Å². The van der Waals surface area contributed by atoms with Crippen LogP contribution in [0.2, 0.25) is 0 Å². The molecule has 2 saturated carbocycles. The number of amides is 1. The van der Waals surface area contributed by atoms with Gasteiger partial charge < -0.3 is 88.3 Å². The normalized spacial score (nSPS) is 47.8. The maximum Gasteiger partial charge on any atom is 0.252 e. The van der Waals surface area contributed by atoms with Gasteiger partial charge in [-0.1, -0.05) is 0 Å². The molecular formula is C26H50N6O12. The Hall–Kier alpha value is -1.17. The maximum absolute atomic E-state index is 13.0. The fourth-order valence-electron chi connectivity index (χ4n) is 6.08. The second-order valence-electron chi connectivity index (χ2n) is 12.3. The van der Waals surface area contributed by atoms with Gasteiger partial charge in [0.05, 0.1) is 24.8 Å². The molecule has 4 aliphatic rings. The Morgan fingerprint density at radius 1 is 0.909 bits per heavy atom. The molecule has 2 heterocycles. The molecule has 17 N–H and O–H groups in total. The predicted octanol–water partition coefficient (Wildman–Crippen LogP) is -7.42. The molecule has 0 bridgehead atoms. The van der Waals surface area contributed by atoms with Crippen molar-refractivity contribution in [1.82, 2.24) is 10.6 Å². The van der Waals surface area contributed by atoms with E-state index in [4.69, 9.17) is 41.9 Å². The lowest BCUT2D eigenvalue weighted by molar-refractivity contribution is -0.317. The Morgan fingerprint density at radius 2 is 1.59 bits per heavy atom. The lowest BCUT2D eigenvalue weighted by Gasteiger charge is -2.48. The zero-order valence-corrected chi connectivity index (χ0v) is 24.5. The number of nitrogens with two attached hydrogens (primary N) is 4. The van der Waals surface area contributed by atoms with Crippen molar-refractivity contribution in [3.63, 3.8) is 0 Å². The van der Waals surface area contributed by atoms with Gasteiger partial charge in [-0.2, -0.15) is 0 Å². The van der Waals surface area contributed by atoms with Gasteiger partial charge in [-0.05, 0) is 38.9 Å². The molecule has 2 aliphatic heterocycles. The smallest absolute Gasteiger partial charge is 0.252 e. The molecule has 0 aromatic heterocycles. The van der Waals surface area contributed by atoms with E-state index < -0.39 is 110 Å². The number of hydrogen-bond donors (Lipinski definition) is 13. The first kappa shape index (κ1) is 35.7. The van der Waals surface area contributed by atoms with E-state index >= 15 is 0 Å². The van der Waals surface area contributed by atoms with E-state index in [9.17, 15) is 40.5 Å². The molecule has 2 unspecified atom stereocenters. The van der Waals surface area contributed by atoms with Gasteiger partial charge in [0.15, 0.2) is 12.6 Å². The van der Waals surface area contributed by atoms with Crippen LogP contribution in [0.4, 0.5) is 0 Å². The lowest BCUT2D eigenvalue weighted by atomic mass is 9.83. The van der Waals surface area contributed by atoms with Crippen LogP contribution in [0.1, 0.15) is 25.7 Å². The van der Waals surface area contributed by atoms with Gasteiger partial charge >= 0.3 is 0 Å². The van der Waals surface area contributed by atoms with E-state index in [1.807, 2.05) is 0 Å². The first-order chi connectivity index (χ1) is 20.9. The summed E-state index contributed by atoms with van der Waals surface area (Å²) in [5, 5.41) is 79.4. The first-order valence-corrected chi connectivity index (χ1v) is 15.1. The Morgan fingerprint density at radius 3 is 2.23 bits per heavy atom. The number of aliphatic hydroxyl groups excluding tert-OH is 6. The highest BCUT2D eigenvalue weighted by Gasteiger charge is 2.59. The Bertz CT molecular complexity index is 944. The summed E-state index contributed by atoms with van der Waals surface area (Å²) in [6, 6.07) is -3.20. The number of carbonyl (C=O) groups is 1. The third kappa shape index (κ3) is 7.68. The summed E-state index contributed by atoms with van der Waals surface area (Å²) in [4.78, 5) is 13.0. The van der Waals surface area contributed by atoms with Crippen molar-refractivity contribution in [2.75, 3.05) is 32.8 Å². The van der Waals surface area contributed by atoms with Crippen LogP contribution in [0.25, 0.3) is 0 Å². The Labute approximate surface area is 254 Å². The molecule has 0 spiro atoms. The SMILES string of the molecule is NCCCNC[C@H]1O[C@H](O[C@H]2[C@H](O)[C@@H](O[C@H]3O[C@H](CO)[C@@H](O)C[C@H]3O)[C@H](NC(=O)C3(O)CC3CN)C[C@@H]2N)[C@H](N)[C@@H](O)[C@@H]1O. The largest absolute Gasteiger partial charge is 0.394 e. The quantitative estimate of drug-likeness (QED) is 0.0833. The number of hydrogen-bond acceptors (Lipinski definition) is 17. The molecular weight excluding hydrogens is 588 g/mol. The fourth-order valence-corrected chi connectivity index (χ4v) is 6.08. The molecule has 16 atom stereocenters. The molecule has 0 aromatic rings. The van der Waals surface area contributed by atoms with Crippen molar-refractivity contribution in [1.29, 1.82) is 0 Å². The molecule has 1 amide bonds. The standard InChI is InChI=1S/C26H50N6O12/c27-2-1-3-31-8-15-18(36)19(37)17(30)24(41-15)43-21-11(29)4-12(32-25(39)26(40)6-10(26)7-28)22(20(21)38)44-23-14(35)5-13(34)16(9-33)42-23/h10-24,31,33-38,40H,1-9,27-30H2,(H,32,39)/t10?,11-,12+,13-,14+,15+,16+,17+,18+,19+,20-,21+,22-,23+,24+,26?/m0/s1. The van der Waals surface area contributed by atoms with Gasteiger partial charge in [0.1, 0.15) is 54.4 Å². The first-order valence-electron chi connectivity index (χ1n) is 15.1. The number of aliphatic hydroxyl groups is 7. The highest BCUT2D eigenvalue weighted by molar-refractivity contribution is 5.88. The fraction of sp³-hybridized carbons (Fsp3) is 0.962. The molecule has 18 nitrogen and oxygen atoms in total. The summed E-state index contributed by atoms with van der Waals surface area (Å²) in [5.74, 6) is -1.18. The zero-order valence-electron chi connectivity index (χ0n) is 24.5. The van der Waals surface area contributed by atoms with E-state index in [0.717, 1.165) is 0 Å². The minimum atomic E-state index is -1.69. The van der Waals surface area contributed by atoms with Crippen molar-refractivity contribution in [3.05, 3.63) is 0 Å². The van der Waals surface area contributed by atoms with Crippen molar-refractivity contribution in [3.8, 4) is 0 Å². The molecule has 0 radical (unpaired) electrons. The van der Waals surface area contributed by atoms with Gasteiger partial charge in [-0.3, -0.25) is 4.79 Å². The second kappa shape index (κ2) is 15.2. The van der Waals surface area contributed by atoms with Crippen LogP contribution < -0.4 is 33.6 Å². The third-order valence-corrected chi connectivity index (χ3v) is 9.03. The van der Waals surface area contributed by atoms with Crippen LogP contribution in [0, 0.1) is 5.92 Å². The van der Waals surface area contributed by atoms with Gasteiger partial charge in [-0.25, -0.2) is 0 Å². The molecule has 2 saturated heterocycles. The Balaban J connectivity index is 1.51. The van der Waals surface area contributed by atoms with E-state index in [1.165, 1.54) is 0 Å². The van der Waals surface area contributed by atoms with E-state index in [-0.39, 0.29) is 32.4 Å². The van der Waals surface area contributed by atoms with Crippen molar-refractivity contribution >= 4 is 5.91 Å². The molecule has 44 heavy (non-hydrogen) atoms. The van der Waals surface area contributed by atoms with Crippen molar-refractivity contribution in [2.45, 2.75) is 117 Å². The minimum Gasteiger partial charge on any atom is -0.394 e. The van der Waals surface area contributed by atoms with Gasteiger partial charge in [0, 0.05) is 24.9 Å². The van der Waals surface area contributed by atoms with Gasteiger partial charge in [-0.15, -0.1) is 0 Å². The summed E-state index contributed by atoms with van der Waals surface area (Å²) in [7, 11) is 0. The van der Waals surface area contributed by atoms with Crippen molar-refractivity contribution < 1.29 is 59.5 Å². The number of nitrogens with one attached hydrogen (secondary N) is 2. The molecule has 0 aromatic carbocycles. The molecule has 4 fully saturated rings. The van der Waals surface area contributed by atoms with E-state index in [1.54, 1.807) is 0 Å². The lowest BCUT2D eigenvalue weighted by Crippen LogP contribution is -2.69. The highest BCUT2D eigenvalue weighted by atomic mass is 16.7. The van der Waals surface area contributed by atoms with Gasteiger partial charge in [0.2, 0.25) is 0 Å².